The molecule has 0 fully saturated rings. The van der Waals surface area contributed by atoms with E-state index >= 15 is 0 Å². The maximum Gasteiger partial charge on any atom is 0.164 e. The maximum atomic E-state index is 5.03. The fraction of sp³-hybridized carbons (Fsp3) is 0. The average molecular weight is 505 g/mol. The molecule has 178 valence electrons. The Balaban J connectivity index is 1.43. The van der Waals surface area contributed by atoms with Crippen LogP contribution in [0, 0.1) is 0 Å². The van der Waals surface area contributed by atoms with Gasteiger partial charge in [0.05, 0.1) is 11.0 Å². The van der Waals surface area contributed by atoms with Gasteiger partial charge in [0.2, 0.25) is 0 Å². The minimum absolute atomic E-state index is 0.668. The molecular weight excluding hydrogens is 484 g/mol. The molecule has 1 aliphatic rings. The summed E-state index contributed by atoms with van der Waals surface area (Å²) in [6.07, 6.45) is 0. The van der Waals surface area contributed by atoms with Crippen molar-refractivity contribution in [2.75, 3.05) is 0 Å². The minimum Gasteiger partial charge on any atom is -0.278 e. The van der Waals surface area contributed by atoms with Gasteiger partial charge < -0.3 is 0 Å². The number of nitrogens with zero attached hydrogens (tertiary/aromatic N) is 4. The number of aromatic nitrogens is 4. The summed E-state index contributed by atoms with van der Waals surface area (Å²) in [5, 5.41) is 2.37. The van der Waals surface area contributed by atoms with Gasteiger partial charge in [0.15, 0.2) is 17.5 Å². The Kier molecular flexibility index (Phi) is 4.72. The van der Waals surface area contributed by atoms with Gasteiger partial charge in [-0.05, 0) is 29.6 Å². The van der Waals surface area contributed by atoms with Gasteiger partial charge in [0.25, 0.3) is 0 Å². The van der Waals surface area contributed by atoms with Crippen LogP contribution in [0.1, 0.15) is 0 Å². The van der Waals surface area contributed by atoms with Gasteiger partial charge in [-0.1, -0.05) is 109 Å². The molecule has 8 rings (SSSR count). The minimum atomic E-state index is 0.668. The lowest BCUT2D eigenvalue weighted by molar-refractivity contribution is 1.08. The lowest BCUT2D eigenvalue weighted by Gasteiger charge is -2.18. The van der Waals surface area contributed by atoms with Crippen molar-refractivity contribution < 1.29 is 0 Å². The fourth-order valence-electron chi connectivity index (χ4n) is 5.37. The van der Waals surface area contributed by atoms with Crippen LogP contribution in [0.5, 0.6) is 0 Å². The second-order valence-corrected chi connectivity index (χ2v) is 10.3. The summed E-state index contributed by atoms with van der Waals surface area (Å²) in [7, 11) is 0. The van der Waals surface area contributed by atoms with E-state index in [1.807, 2.05) is 60.7 Å². The first-order valence-electron chi connectivity index (χ1n) is 12.6. The van der Waals surface area contributed by atoms with Gasteiger partial charge in [-0.3, -0.25) is 3.97 Å². The third kappa shape index (κ3) is 3.22. The van der Waals surface area contributed by atoms with Crippen LogP contribution in [-0.4, -0.2) is 18.9 Å². The molecule has 0 saturated carbocycles. The van der Waals surface area contributed by atoms with Crippen LogP contribution >= 0.6 is 11.9 Å². The first-order chi connectivity index (χ1) is 18.8. The number of rotatable bonds is 3. The average Bonchev–Trinajstić information content (AvgIpc) is 3.32. The Morgan fingerprint density at radius 1 is 0.474 bits per heavy atom. The highest BCUT2D eigenvalue weighted by Gasteiger charge is 2.25. The van der Waals surface area contributed by atoms with E-state index in [0.717, 1.165) is 27.6 Å². The summed E-state index contributed by atoms with van der Waals surface area (Å²) in [6, 6.07) is 41.9. The molecule has 0 atom stereocenters. The van der Waals surface area contributed by atoms with E-state index in [4.69, 9.17) is 15.0 Å². The first-order valence-corrected chi connectivity index (χ1v) is 13.3. The van der Waals surface area contributed by atoms with Crippen molar-refractivity contribution in [2.24, 2.45) is 0 Å². The molecule has 4 nitrogen and oxygen atoms in total. The number of fused-ring (bicyclic) bond motifs is 5. The Morgan fingerprint density at radius 3 is 1.79 bits per heavy atom. The van der Waals surface area contributed by atoms with Crippen LogP contribution < -0.4 is 0 Å². The van der Waals surface area contributed by atoms with Gasteiger partial charge in [0.1, 0.15) is 0 Å². The molecule has 0 saturated heterocycles. The number of hydrogen-bond acceptors (Lipinski definition) is 4. The zero-order valence-electron chi connectivity index (χ0n) is 20.2. The summed E-state index contributed by atoms with van der Waals surface area (Å²) >= 11 is 1.78. The molecule has 0 radical (unpaired) electrons. The third-order valence-corrected chi connectivity index (χ3v) is 8.19. The van der Waals surface area contributed by atoms with Crippen molar-refractivity contribution in [3.05, 3.63) is 121 Å². The zero-order chi connectivity index (χ0) is 25.1. The van der Waals surface area contributed by atoms with Crippen molar-refractivity contribution in [2.45, 2.75) is 4.90 Å². The topological polar surface area (TPSA) is 43.6 Å². The van der Waals surface area contributed by atoms with Gasteiger partial charge in [-0.2, -0.15) is 0 Å². The monoisotopic (exact) mass is 504 g/mol. The molecule has 0 N–H and O–H groups in total. The first kappa shape index (κ1) is 21.4. The highest BCUT2D eigenvalue weighted by molar-refractivity contribution is 7.98. The molecule has 0 aliphatic carbocycles. The third-order valence-electron chi connectivity index (χ3n) is 7.08. The Bertz CT molecular complexity index is 1940. The molecule has 3 heterocycles. The van der Waals surface area contributed by atoms with E-state index in [0.29, 0.717) is 17.5 Å². The SMILES string of the molecule is c1ccc(-c2nc(-c3ccccc3)nc(-c3cccc4c3c3cccc5c3n4Sc3ccccc3-5)n2)cc1. The smallest absolute Gasteiger partial charge is 0.164 e. The van der Waals surface area contributed by atoms with Crippen LogP contribution in [0.2, 0.25) is 0 Å². The van der Waals surface area contributed by atoms with E-state index in [-0.39, 0.29) is 0 Å². The Hall–Kier alpha value is -4.74. The molecular formula is C33H20N4S. The van der Waals surface area contributed by atoms with Crippen LogP contribution in [-0.2, 0) is 0 Å². The molecule has 7 aromatic rings. The summed E-state index contributed by atoms with van der Waals surface area (Å²) in [5.74, 6) is 2.01. The lowest BCUT2D eigenvalue weighted by atomic mass is 10.00. The molecule has 38 heavy (non-hydrogen) atoms. The van der Waals surface area contributed by atoms with Crippen molar-refractivity contribution in [3.8, 4) is 45.3 Å². The molecule has 5 aromatic carbocycles. The predicted molar refractivity (Wildman–Crippen MR) is 156 cm³/mol. The predicted octanol–water partition coefficient (Wildman–Crippen LogP) is 8.52. The maximum absolute atomic E-state index is 5.03. The molecule has 0 spiro atoms. The van der Waals surface area contributed by atoms with E-state index in [1.165, 1.54) is 26.9 Å². The molecule has 0 bridgehead atoms. The summed E-state index contributed by atoms with van der Waals surface area (Å²) in [4.78, 5) is 16.2. The molecule has 1 aliphatic heterocycles. The Labute approximate surface area is 223 Å². The highest BCUT2D eigenvalue weighted by Crippen LogP contribution is 2.48. The normalized spacial score (nSPS) is 12.1. The number of benzene rings is 5. The van der Waals surface area contributed by atoms with Crippen molar-refractivity contribution in [1.29, 1.82) is 0 Å². The van der Waals surface area contributed by atoms with Gasteiger partial charge >= 0.3 is 0 Å². The number of hydrogen-bond donors (Lipinski definition) is 0. The molecule has 0 amide bonds. The molecule has 2 aromatic heterocycles. The highest BCUT2D eigenvalue weighted by atomic mass is 32.2. The standard InChI is InChI=1S/C33H20N4S/c1-3-11-21(12-4-1)31-34-32(22-13-5-2-6-14-22)36-33(35-31)26-18-10-19-27-29(26)25-17-9-16-24-23-15-7-8-20-28(23)38-37(27)30(24)25/h1-20H. The van der Waals surface area contributed by atoms with Crippen LogP contribution in [0.4, 0.5) is 0 Å². The van der Waals surface area contributed by atoms with Crippen molar-refractivity contribution in [3.63, 3.8) is 0 Å². The molecule has 5 heteroatoms. The number of para-hydroxylation sites is 1. The van der Waals surface area contributed by atoms with Crippen LogP contribution in [0.3, 0.4) is 0 Å². The van der Waals surface area contributed by atoms with Gasteiger partial charge in [-0.15, -0.1) is 0 Å². The molecule has 0 unspecified atom stereocenters. The zero-order valence-corrected chi connectivity index (χ0v) is 21.1. The van der Waals surface area contributed by atoms with Crippen LogP contribution in [0.25, 0.3) is 67.1 Å². The quantitative estimate of drug-likeness (QED) is 0.242. The second kappa shape index (κ2) is 8.40. The van der Waals surface area contributed by atoms with Crippen LogP contribution in [0.15, 0.2) is 126 Å². The lowest BCUT2D eigenvalue weighted by Crippen LogP contribution is -2.00. The summed E-state index contributed by atoms with van der Waals surface area (Å²) in [5.41, 5.74) is 7.86. The van der Waals surface area contributed by atoms with E-state index in [9.17, 15) is 0 Å². The van der Waals surface area contributed by atoms with Gasteiger partial charge in [0, 0.05) is 37.9 Å². The summed E-state index contributed by atoms with van der Waals surface area (Å²) < 4.78 is 2.36. The fourth-order valence-corrected chi connectivity index (χ4v) is 6.52. The van der Waals surface area contributed by atoms with E-state index < -0.39 is 0 Å². The Morgan fingerprint density at radius 2 is 1.05 bits per heavy atom. The van der Waals surface area contributed by atoms with Gasteiger partial charge in [-0.25, -0.2) is 15.0 Å². The summed E-state index contributed by atoms with van der Waals surface area (Å²) in [6.45, 7) is 0. The van der Waals surface area contributed by atoms with E-state index in [1.54, 1.807) is 11.9 Å². The largest absolute Gasteiger partial charge is 0.278 e. The van der Waals surface area contributed by atoms with Crippen molar-refractivity contribution in [1.82, 2.24) is 18.9 Å². The van der Waals surface area contributed by atoms with Crippen molar-refractivity contribution >= 4 is 33.8 Å². The second-order valence-electron chi connectivity index (χ2n) is 9.32. The van der Waals surface area contributed by atoms with E-state index in [2.05, 4.69) is 64.6 Å².